The first kappa shape index (κ1) is 16.4. The van der Waals surface area contributed by atoms with E-state index in [9.17, 15) is 4.79 Å². The molecule has 4 rings (SSSR count). The molecule has 0 saturated carbocycles. The van der Waals surface area contributed by atoms with E-state index in [1.165, 1.54) is 24.0 Å². The molecule has 25 heavy (non-hydrogen) atoms. The van der Waals surface area contributed by atoms with Gasteiger partial charge in [0.1, 0.15) is 10.7 Å². The molecule has 1 N–H and O–H groups in total. The predicted molar refractivity (Wildman–Crippen MR) is 100 cm³/mol. The van der Waals surface area contributed by atoms with Crippen LogP contribution in [0.5, 0.6) is 11.5 Å². The molecule has 130 valence electrons. The Kier molecular flexibility index (Phi) is 4.17. The Morgan fingerprint density at radius 2 is 2.00 bits per heavy atom. The zero-order valence-electron chi connectivity index (χ0n) is 13.9. The van der Waals surface area contributed by atoms with Crippen LogP contribution >= 0.6 is 22.9 Å². The van der Waals surface area contributed by atoms with Gasteiger partial charge in [0.05, 0.1) is 24.6 Å². The van der Waals surface area contributed by atoms with E-state index in [4.69, 9.17) is 26.1 Å². The second kappa shape index (κ2) is 6.35. The molecule has 0 saturated heterocycles. The SMILES string of the molecule is COc1cc(-c2nc3sc4c(c3c(=O)[nH]2)CCCC4)cc(Cl)c1OC. The Morgan fingerprint density at radius 1 is 1.20 bits per heavy atom. The smallest absolute Gasteiger partial charge is 0.260 e. The summed E-state index contributed by atoms with van der Waals surface area (Å²) in [5.74, 6) is 1.44. The van der Waals surface area contributed by atoms with Crippen molar-refractivity contribution in [2.45, 2.75) is 25.7 Å². The van der Waals surface area contributed by atoms with Crippen molar-refractivity contribution in [2.75, 3.05) is 14.2 Å². The minimum atomic E-state index is -0.0923. The van der Waals surface area contributed by atoms with Crippen molar-refractivity contribution in [3.8, 4) is 22.9 Å². The van der Waals surface area contributed by atoms with Gasteiger partial charge in [-0.3, -0.25) is 4.79 Å². The summed E-state index contributed by atoms with van der Waals surface area (Å²) in [5, 5.41) is 1.15. The summed E-state index contributed by atoms with van der Waals surface area (Å²) in [6.07, 6.45) is 4.30. The van der Waals surface area contributed by atoms with Gasteiger partial charge >= 0.3 is 0 Å². The predicted octanol–water partition coefficient (Wildman–Crippen LogP) is 4.20. The van der Waals surface area contributed by atoms with Crippen LogP contribution in [0.2, 0.25) is 5.02 Å². The summed E-state index contributed by atoms with van der Waals surface area (Å²) >= 11 is 7.91. The fourth-order valence-electron chi connectivity index (χ4n) is 3.36. The van der Waals surface area contributed by atoms with Crippen LogP contribution in [-0.4, -0.2) is 24.2 Å². The van der Waals surface area contributed by atoms with Crippen molar-refractivity contribution < 1.29 is 9.47 Å². The van der Waals surface area contributed by atoms with Crippen molar-refractivity contribution in [3.63, 3.8) is 0 Å². The molecule has 2 aromatic heterocycles. The molecule has 1 aliphatic carbocycles. The van der Waals surface area contributed by atoms with Gasteiger partial charge < -0.3 is 14.5 Å². The number of H-pyrrole nitrogens is 1. The highest BCUT2D eigenvalue weighted by atomic mass is 35.5. The van der Waals surface area contributed by atoms with Crippen molar-refractivity contribution in [1.82, 2.24) is 9.97 Å². The molecule has 7 heteroatoms. The third kappa shape index (κ3) is 2.69. The summed E-state index contributed by atoms with van der Waals surface area (Å²) in [4.78, 5) is 22.4. The summed E-state index contributed by atoms with van der Waals surface area (Å²) in [6.45, 7) is 0. The van der Waals surface area contributed by atoms with Gasteiger partial charge in [-0.25, -0.2) is 4.98 Å². The largest absolute Gasteiger partial charge is 0.493 e. The zero-order valence-corrected chi connectivity index (χ0v) is 15.5. The number of rotatable bonds is 3. The number of ether oxygens (including phenoxy) is 2. The zero-order chi connectivity index (χ0) is 17.6. The van der Waals surface area contributed by atoms with Gasteiger partial charge in [0.2, 0.25) is 0 Å². The maximum absolute atomic E-state index is 12.7. The highest BCUT2D eigenvalue weighted by Crippen LogP contribution is 2.39. The summed E-state index contributed by atoms with van der Waals surface area (Å²) in [7, 11) is 3.08. The van der Waals surface area contributed by atoms with Crippen molar-refractivity contribution in [2.24, 2.45) is 0 Å². The molecule has 0 unspecified atom stereocenters. The number of aryl methyl sites for hydroxylation is 2. The molecule has 0 spiro atoms. The lowest BCUT2D eigenvalue weighted by Crippen LogP contribution is -2.11. The van der Waals surface area contributed by atoms with E-state index >= 15 is 0 Å². The van der Waals surface area contributed by atoms with E-state index in [0.717, 1.165) is 29.5 Å². The molecule has 1 aliphatic rings. The van der Waals surface area contributed by atoms with E-state index in [2.05, 4.69) is 4.98 Å². The third-order valence-electron chi connectivity index (χ3n) is 4.53. The van der Waals surface area contributed by atoms with E-state index < -0.39 is 0 Å². The number of hydrogen-bond acceptors (Lipinski definition) is 5. The molecule has 0 atom stereocenters. The molecule has 0 amide bonds. The number of fused-ring (bicyclic) bond motifs is 3. The first-order chi connectivity index (χ1) is 12.1. The molecule has 3 aromatic rings. The number of halogens is 1. The number of aromatic nitrogens is 2. The minimum absolute atomic E-state index is 0.0923. The third-order valence-corrected chi connectivity index (χ3v) is 6.00. The number of aromatic amines is 1. The molecule has 0 aliphatic heterocycles. The maximum Gasteiger partial charge on any atom is 0.260 e. The topological polar surface area (TPSA) is 64.2 Å². The number of methoxy groups -OCH3 is 2. The highest BCUT2D eigenvalue weighted by Gasteiger charge is 2.21. The normalized spacial score (nSPS) is 13.7. The van der Waals surface area contributed by atoms with Gasteiger partial charge in [0, 0.05) is 10.4 Å². The first-order valence-electron chi connectivity index (χ1n) is 8.09. The molecule has 2 heterocycles. The molecule has 5 nitrogen and oxygen atoms in total. The molecular weight excluding hydrogens is 360 g/mol. The second-order valence-corrected chi connectivity index (χ2v) is 7.49. The van der Waals surface area contributed by atoms with Crippen molar-refractivity contribution in [1.29, 1.82) is 0 Å². The van der Waals surface area contributed by atoms with Gasteiger partial charge in [-0.2, -0.15) is 0 Å². The highest BCUT2D eigenvalue weighted by molar-refractivity contribution is 7.18. The van der Waals surface area contributed by atoms with Gasteiger partial charge in [-0.1, -0.05) is 11.6 Å². The number of benzene rings is 1. The Bertz CT molecular complexity index is 1030. The molecule has 0 bridgehead atoms. The van der Waals surface area contributed by atoms with Crippen LogP contribution in [0.4, 0.5) is 0 Å². The lowest BCUT2D eigenvalue weighted by atomic mass is 9.97. The fourth-order valence-corrected chi connectivity index (χ4v) is 4.91. The van der Waals surface area contributed by atoms with Crippen LogP contribution in [0.3, 0.4) is 0 Å². The summed E-state index contributed by atoms with van der Waals surface area (Å²) < 4.78 is 10.6. The monoisotopic (exact) mass is 376 g/mol. The Balaban J connectivity index is 1.91. The average molecular weight is 377 g/mol. The van der Waals surface area contributed by atoms with Crippen LogP contribution in [-0.2, 0) is 12.8 Å². The number of nitrogens with one attached hydrogen (secondary N) is 1. The van der Waals surface area contributed by atoms with Crippen LogP contribution in [0.15, 0.2) is 16.9 Å². The lowest BCUT2D eigenvalue weighted by molar-refractivity contribution is 0.355. The van der Waals surface area contributed by atoms with Crippen molar-refractivity contribution in [3.05, 3.63) is 37.9 Å². The number of nitrogens with zero attached hydrogens (tertiary/aromatic N) is 1. The van der Waals surface area contributed by atoms with Crippen LogP contribution in [0.1, 0.15) is 23.3 Å². The van der Waals surface area contributed by atoms with Crippen LogP contribution in [0.25, 0.3) is 21.6 Å². The van der Waals surface area contributed by atoms with Crippen LogP contribution in [0, 0.1) is 0 Å². The van der Waals surface area contributed by atoms with Gasteiger partial charge in [-0.05, 0) is 43.4 Å². The summed E-state index contributed by atoms with van der Waals surface area (Å²) in [6, 6.07) is 3.49. The standard InChI is InChI=1S/C18H17ClN2O3S/c1-23-12-8-9(7-11(19)15(12)24-2)16-20-17(22)14-10-5-3-4-6-13(10)25-18(14)21-16/h7-8H,3-6H2,1-2H3,(H,20,21,22). The summed E-state index contributed by atoms with van der Waals surface area (Å²) in [5.41, 5.74) is 1.77. The fraction of sp³-hybridized carbons (Fsp3) is 0.333. The molecule has 1 aromatic carbocycles. The Morgan fingerprint density at radius 3 is 2.76 bits per heavy atom. The quantitative estimate of drug-likeness (QED) is 0.744. The van der Waals surface area contributed by atoms with Gasteiger partial charge in [0.15, 0.2) is 11.5 Å². The molecule has 0 radical (unpaired) electrons. The van der Waals surface area contributed by atoms with E-state index in [1.54, 1.807) is 30.6 Å². The van der Waals surface area contributed by atoms with Gasteiger partial charge in [-0.15, -0.1) is 11.3 Å². The number of hydrogen-bond donors (Lipinski definition) is 1. The number of thiophene rings is 1. The Hall–Kier alpha value is -2.05. The molecule has 0 fully saturated rings. The van der Waals surface area contributed by atoms with E-state index in [-0.39, 0.29) is 5.56 Å². The lowest BCUT2D eigenvalue weighted by Gasteiger charge is -2.11. The Labute approximate surface area is 153 Å². The van der Waals surface area contributed by atoms with Crippen molar-refractivity contribution >= 4 is 33.2 Å². The average Bonchev–Trinajstić information content (AvgIpc) is 2.99. The minimum Gasteiger partial charge on any atom is -0.493 e. The van der Waals surface area contributed by atoms with E-state index in [1.807, 2.05) is 0 Å². The van der Waals surface area contributed by atoms with Gasteiger partial charge in [0.25, 0.3) is 5.56 Å². The second-order valence-electron chi connectivity index (χ2n) is 6.00. The molecular formula is C18H17ClN2O3S. The van der Waals surface area contributed by atoms with Crippen LogP contribution < -0.4 is 15.0 Å². The first-order valence-corrected chi connectivity index (χ1v) is 9.28. The maximum atomic E-state index is 12.7. The van der Waals surface area contributed by atoms with E-state index in [0.29, 0.717) is 27.9 Å².